The fraction of sp³-hybridized carbons (Fsp3) is 0.619. The number of benzene rings is 1. The highest BCUT2D eigenvalue weighted by molar-refractivity contribution is 6.31. The number of hydrogen-bond donors (Lipinski definition) is 1. The summed E-state index contributed by atoms with van der Waals surface area (Å²) in [6.45, 7) is 8.48. The molecule has 0 spiro atoms. The molecule has 2 fully saturated rings. The van der Waals surface area contributed by atoms with E-state index in [0.717, 1.165) is 12.8 Å². The minimum Gasteiger partial charge on any atom is -0.372 e. The largest absolute Gasteiger partial charge is 0.372 e. The third-order valence-electron chi connectivity index (χ3n) is 5.72. The molecule has 8 heteroatoms. The predicted octanol–water partition coefficient (Wildman–Crippen LogP) is 3.15. The number of piperidine rings is 1. The van der Waals surface area contributed by atoms with Crippen LogP contribution in [0.5, 0.6) is 0 Å². The van der Waals surface area contributed by atoms with Crippen molar-refractivity contribution in [1.29, 1.82) is 0 Å². The Balaban J connectivity index is 1.50. The zero-order valence-corrected chi connectivity index (χ0v) is 17.9. The maximum atomic E-state index is 13.3. The number of halogens is 2. The minimum absolute atomic E-state index is 0.00471. The quantitative estimate of drug-likeness (QED) is 0.805. The van der Waals surface area contributed by atoms with E-state index in [1.165, 1.54) is 18.2 Å². The van der Waals surface area contributed by atoms with Gasteiger partial charge in [0.05, 0.1) is 23.3 Å². The highest BCUT2D eigenvalue weighted by Crippen LogP contribution is 2.24. The Labute approximate surface area is 176 Å². The molecule has 0 radical (unpaired) electrons. The summed E-state index contributed by atoms with van der Waals surface area (Å²) < 4.78 is 19.0. The maximum absolute atomic E-state index is 13.3. The van der Waals surface area contributed by atoms with E-state index >= 15 is 0 Å². The second-order valence-corrected chi connectivity index (χ2v) is 8.51. The number of carbonyl (C=O) groups is 2. The Morgan fingerprint density at radius 1 is 1.21 bits per heavy atom. The highest BCUT2D eigenvalue weighted by atomic mass is 35.5. The average molecular weight is 426 g/mol. The summed E-state index contributed by atoms with van der Waals surface area (Å²) in [7, 11) is 0. The van der Waals surface area contributed by atoms with E-state index < -0.39 is 5.82 Å². The molecule has 0 aromatic heterocycles. The third-order valence-corrected chi connectivity index (χ3v) is 6.01. The molecule has 29 heavy (non-hydrogen) atoms. The second kappa shape index (κ2) is 9.41. The standard InChI is InChI=1S/C21H29ClFN3O3/c1-13-11-26(12-14(2)29-13)21(28)16-6-8-25(9-7-16)15(3)20(27)24-17-4-5-19(23)18(22)10-17/h4-5,10,13-16H,6-9,11-12H2,1-3H3,(H,24,27). The number of carbonyl (C=O) groups excluding carboxylic acids is 2. The summed E-state index contributed by atoms with van der Waals surface area (Å²) in [6.07, 6.45) is 1.59. The van der Waals surface area contributed by atoms with Crippen molar-refractivity contribution in [2.75, 3.05) is 31.5 Å². The van der Waals surface area contributed by atoms with Crippen LogP contribution >= 0.6 is 11.6 Å². The van der Waals surface area contributed by atoms with Gasteiger partial charge in [-0.2, -0.15) is 0 Å². The molecule has 0 saturated carbocycles. The van der Waals surface area contributed by atoms with Crippen LogP contribution in [-0.2, 0) is 14.3 Å². The summed E-state index contributed by atoms with van der Waals surface area (Å²) in [5.74, 6) is -0.499. The van der Waals surface area contributed by atoms with Crippen molar-refractivity contribution < 1.29 is 18.7 Å². The topological polar surface area (TPSA) is 61.9 Å². The zero-order valence-electron chi connectivity index (χ0n) is 17.2. The fourth-order valence-electron chi connectivity index (χ4n) is 4.14. The highest BCUT2D eigenvalue weighted by Gasteiger charge is 2.34. The molecule has 1 aromatic carbocycles. The Bertz CT molecular complexity index is 745. The van der Waals surface area contributed by atoms with Gasteiger partial charge in [0.1, 0.15) is 5.82 Å². The lowest BCUT2D eigenvalue weighted by molar-refractivity contribution is -0.149. The first kappa shape index (κ1) is 22.0. The van der Waals surface area contributed by atoms with Crippen molar-refractivity contribution in [1.82, 2.24) is 9.80 Å². The van der Waals surface area contributed by atoms with Crippen LogP contribution in [0.15, 0.2) is 18.2 Å². The number of nitrogens with zero attached hydrogens (tertiary/aromatic N) is 2. The molecule has 2 aliphatic rings. The van der Waals surface area contributed by atoms with Crippen molar-refractivity contribution in [3.63, 3.8) is 0 Å². The van der Waals surface area contributed by atoms with E-state index in [0.29, 0.717) is 31.9 Å². The number of likely N-dealkylation sites (tertiary alicyclic amines) is 1. The van der Waals surface area contributed by atoms with Gasteiger partial charge >= 0.3 is 0 Å². The third kappa shape index (κ3) is 5.47. The molecule has 2 saturated heterocycles. The predicted molar refractivity (Wildman–Crippen MR) is 110 cm³/mol. The van der Waals surface area contributed by atoms with Gasteiger partial charge in [-0.15, -0.1) is 0 Å². The minimum atomic E-state index is -0.520. The number of ether oxygens (including phenoxy) is 1. The maximum Gasteiger partial charge on any atom is 0.241 e. The number of nitrogens with one attached hydrogen (secondary N) is 1. The van der Waals surface area contributed by atoms with E-state index in [9.17, 15) is 14.0 Å². The first-order chi connectivity index (χ1) is 13.7. The summed E-state index contributed by atoms with van der Waals surface area (Å²) in [5.41, 5.74) is 0.467. The first-order valence-corrected chi connectivity index (χ1v) is 10.6. The molecule has 1 N–H and O–H groups in total. The van der Waals surface area contributed by atoms with Crippen molar-refractivity contribution >= 4 is 29.1 Å². The SMILES string of the molecule is CC1CN(C(=O)C2CCN(C(C)C(=O)Nc3ccc(F)c(Cl)c3)CC2)CC(C)O1. The zero-order chi connectivity index (χ0) is 21.1. The van der Waals surface area contributed by atoms with Gasteiger partial charge in [0.25, 0.3) is 0 Å². The van der Waals surface area contributed by atoms with Crippen molar-refractivity contribution in [2.45, 2.75) is 51.9 Å². The van der Waals surface area contributed by atoms with Gasteiger partial charge < -0.3 is 15.0 Å². The van der Waals surface area contributed by atoms with E-state index in [4.69, 9.17) is 16.3 Å². The molecule has 2 heterocycles. The fourth-order valence-corrected chi connectivity index (χ4v) is 4.32. The first-order valence-electron chi connectivity index (χ1n) is 10.2. The molecule has 2 amide bonds. The van der Waals surface area contributed by atoms with Crippen LogP contribution in [0.3, 0.4) is 0 Å². The molecule has 3 atom stereocenters. The van der Waals surface area contributed by atoms with Gasteiger partial charge in [-0.25, -0.2) is 4.39 Å². The summed E-state index contributed by atoms with van der Waals surface area (Å²) >= 11 is 5.77. The summed E-state index contributed by atoms with van der Waals surface area (Å²) in [4.78, 5) is 29.5. The number of rotatable bonds is 4. The molecule has 6 nitrogen and oxygen atoms in total. The van der Waals surface area contributed by atoms with Gasteiger partial charge in [-0.1, -0.05) is 11.6 Å². The van der Waals surface area contributed by atoms with Crippen LogP contribution in [0.1, 0.15) is 33.6 Å². The van der Waals surface area contributed by atoms with Gasteiger partial charge in [-0.05, 0) is 64.9 Å². The van der Waals surface area contributed by atoms with Crippen molar-refractivity contribution in [3.05, 3.63) is 29.0 Å². The van der Waals surface area contributed by atoms with Crippen LogP contribution < -0.4 is 5.32 Å². The van der Waals surface area contributed by atoms with E-state index in [-0.39, 0.29) is 41.0 Å². The van der Waals surface area contributed by atoms with Crippen molar-refractivity contribution in [2.24, 2.45) is 5.92 Å². The number of morpholine rings is 1. The monoisotopic (exact) mass is 425 g/mol. The van der Waals surface area contributed by atoms with Crippen LogP contribution in [0.25, 0.3) is 0 Å². The molecular formula is C21H29ClFN3O3. The molecule has 160 valence electrons. The van der Waals surface area contributed by atoms with Gasteiger partial charge in [0.2, 0.25) is 11.8 Å². The molecule has 3 unspecified atom stereocenters. The molecule has 3 rings (SSSR count). The average Bonchev–Trinajstić information content (AvgIpc) is 2.69. The molecule has 0 bridgehead atoms. The summed E-state index contributed by atoms with van der Waals surface area (Å²) in [6, 6.07) is 3.77. The normalized spacial score (nSPS) is 24.9. The lowest BCUT2D eigenvalue weighted by Crippen LogP contribution is -2.52. The Morgan fingerprint density at radius 2 is 1.83 bits per heavy atom. The Kier molecular flexibility index (Phi) is 7.14. The molecule has 1 aromatic rings. The van der Waals surface area contributed by atoms with E-state index in [1.54, 1.807) is 0 Å². The number of hydrogen-bond acceptors (Lipinski definition) is 4. The Morgan fingerprint density at radius 3 is 2.41 bits per heavy atom. The molecular weight excluding hydrogens is 397 g/mol. The summed E-state index contributed by atoms with van der Waals surface area (Å²) in [5, 5.41) is 2.76. The lowest BCUT2D eigenvalue weighted by atomic mass is 9.93. The van der Waals surface area contributed by atoms with Crippen molar-refractivity contribution in [3.8, 4) is 0 Å². The van der Waals surface area contributed by atoms with E-state index in [2.05, 4.69) is 10.2 Å². The van der Waals surface area contributed by atoms with Crippen LogP contribution in [0, 0.1) is 11.7 Å². The van der Waals surface area contributed by atoms with Crippen LogP contribution in [0.2, 0.25) is 5.02 Å². The van der Waals surface area contributed by atoms with E-state index in [1.807, 2.05) is 25.7 Å². The van der Waals surface area contributed by atoms with Gasteiger partial charge in [0.15, 0.2) is 0 Å². The van der Waals surface area contributed by atoms with Gasteiger partial charge in [0, 0.05) is 24.7 Å². The lowest BCUT2D eigenvalue weighted by Gasteiger charge is -2.40. The molecule has 2 aliphatic heterocycles. The van der Waals surface area contributed by atoms with Crippen LogP contribution in [0.4, 0.5) is 10.1 Å². The number of anilines is 1. The Hall–Kier alpha value is -1.70. The second-order valence-electron chi connectivity index (χ2n) is 8.10. The van der Waals surface area contributed by atoms with Gasteiger partial charge in [-0.3, -0.25) is 14.5 Å². The molecule has 0 aliphatic carbocycles. The smallest absolute Gasteiger partial charge is 0.241 e. The van der Waals surface area contributed by atoms with Crippen LogP contribution in [-0.4, -0.2) is 66.0 Å². The number of amides is 2.